The maximum absolute atomic E-state index is 12.9. The molecular formula is C19H22F2N6O2. The Morgan fingerprint density at radius 1 is 1.21 bits per heavy atom. The van der Waals surface area contributed by atoms with Gasteiger partial charge in [-0.15, -0.1) is 5.10 Å². The highest BCUT2D eigenvalue weighted by Gasteiger charge is 2.30. The Morgan fingerprint density at radius 2 is 1.97 bits per heavy atom. The summed E-state index contributed by atoms with van der Waals surface area (Å²) in [6.07, 6.45) is 0.337. The molecule has 0 aromatic carbocycles. The van der Waals surface area contributed by atoms with Gasteiger partial charge in [0.25, 0.3) is 6.43 Å². The minimum Gasteiger partial charge on any atom is -0.393 e. The van der Waals surface area contributed by atoms with Gasteiger partial charge in [-0.25, -0.2) is 23.4 Å². The molecule has 3 aromatic heterocycles. The molecule has 0 aliphatic carbocycles. The number of nitrogens with one attached hydrogen (secondary N) is 1. The van der Waals surface area contributed by atoms with Crippen LogP contribution in [-0.4, -0.2) is 47.4 Å². The first-order chi connectivity index (χ1) is 13.7. The number of anilines is 2. The third-order valence-electron chi connectivity index (χ3n) is 4.65. The fraction of sp³-hybridized carbons (Fsp3) is 0.368. The second-order valence-electron chi connectivity index (χ2n) is 7.09. The fourth-order valence-corrected chi connectivity index (χ4v) is 2.65. The lowest BCUT2D eigenvalue weighted by atomic mass is 9.99. The number of hydrogen-bond acceptors (Lipinski definition) is 7. The normalized spacial score (nSPS) is 14.6. The first-order valence-corrected chi connectivity index (χ1v) is 8.95. The molecule has 0 aliphatic rings. The first-order valence-electron chi connectivity index (χ1n) is 8.95. The molecule has 154 valence electrons. The standard InChI is InChI=1S/C19H22F2N6O2/c1-11-6-14(15-9-27(26-25-15)12(2)19(3,29)10-28)23-17(7-11)24-16-8-13(18(20)21)4-5-22-16/h4-9,12,18,28-29H,10H2,1-3H3,(H,22,23,24)/t12-,19+/m1/s1. The van der Waals surface area contributed by atoms with Crippen LogP contribution in [0.1, 0.15) is 37.4 Å². The molecular weight excluding hydrogens is 382 g/mol. The molecule has 0 unspecified atom stereocenters. The Balaban J connectivity index is 1.87. The molecule has 0 bridgehead atoms. The summed E-state index contributed by atoms with van der Waals surface area (Å²) in [4.78, 5) is 8.51. The summed E-state index contributed by atoms with van der Waals surface area (Å²) in [7, 11) is 0. The average molecular weight is 404 g/mol. The molecule has 29 heavy (non-hydrogen) atoms. The lowest BCUT2D eigenvalue weighted by molar-refractivity contribution is -0.0393. The molecule has 0 radical (unpaired) electrons. The van der Waals surface area contributed by atoms with Gasteiger partial charge in [0.1, 0.15) is 22.9 Å². The van der Waals surface area contributed by atoms with E-state index in [2.05, 4.69) is 25.6 Å². The van der Waals surface area contributed by atoms with E-state index in [0.717, 1.165) is 5.56 Å². The van der Waals surface area contributed by atoms with Crippen molar-refractivity contribution < 1.29 is 19.0 Å². The number of hydrogen-bond donors (Lipinski definition) is 3. The van der Waals surface area contributed by atoms with Gasteiger partial charge >= 0.3 is 0 Å². The number of alkyl halides is 2. The van der Waals surface area contributed by atoms with Crippen LogP contribution >= 0.6 is 0 Å². The van der Waals surface area contributed by atoms with Crippen molar-refractivity contribution in [2.24, 2.45) is 0 Å². The molecule has 0 saturated carbocycles. The Hall–Kier alpha value is -2.98. The van der Waals surface area contributed by atoms with Crippen LogP contribution in [0, 0.1) is 6.92 Å². The fourth-order valence-electron chi connectivity index (χ4n) is 2.65. The van der Waals surface area contributed by atoms with Gasteiger partial charge < -0.3 is 15.5 Å². The molecule has 10 heteroatoms. The van der Waals surface area contributed by atoms with Crippen LogP contribution < -0.4 is 5.32 Å². The van der Waals surface area contributed by atoms with Crippen molar-refractivity contribution in [1.29, 1.82) is 0 Å². The summed E-state index contributed by atoms with van der Waals surface area (Å²) in [5.74, 6) is 0.673. The van der Waals surface area contributed by atoms with E-state index >= 15 is 0 Å². The molecule has 3 aromatic rings. The van der Waals surface area contributed by atoms with E-state index in [-0.39, 0.29) is 11.4 Å². The minimum atomic E-state index is -2.59. The van der Waals surface area contributed by atoms with E-state index in [4.69, 9.17) is 0 Å². The van der Waals surface area contributed by atoms with Crippen molar-refractivity contribution in [3.8, 4) is 11.4 Å². The summed E-state index contributed by atoms with van der Waals surface area (Å²) in [5.41, 5.74) is 0.348. The second-order valence-corrected chi connectivity index (χ2v) is 7.09. The number of rotatable bonds is 7. The summed E-state index contributed by atoms with van der Waals surface area (Å²) in [6.45, 7) is 4.66. The predicted molar refractivity (Wildman–Crippen MR) is 103 cm³/mol. The number of aliphatic hydroxyl groups is 2. The van der Waals surface area contributed by atoms with Crippen LogP contribution in [-0.2, 0) is 0 Å². The van der Waals surface area contributed by atoms with Gasteiger partial charge in [-0.1, -0.05) is 5.21 Å². The Bertz CT molecular complexity index is 992. The summed E-state index contributed by atoms with van der Waals surface area (Å²) in [5, 5.41) is 30.6. The number of aryl methyl sites for hydroxylation is 1. The summed E-state index contributed by atoms with van der Waals surface area (Å²) >= 11 is 0. The Kier molecular flexibility index (Phi) is 5.85. The Labute approximate surface area is 166 Å². The van der Waals surface area contributed by atoms with E-state index in [1.165, 1.54) is 29.9 Å². The van der Waals surface area contributed by atoms with E-state index in [9.17, 15) is 19.0 Å². The second kappa shape index (κ2) is 8.18. The van der Waals surface area contributed by atoms with E-state index in [1.807, 2.05) is 6.92 Å². The lowest BCUT2D eigenvalue weighted by Gasteiger charge is -2.27. The van der Waals surface area contributed by atoms with Crippen molar-refractivity contribution in [1.82, 2.24) is 25.0 Å². The van der Waals surface area contributed by atoms with Crippen molar-refractivity contribution in [2.75, 3.05) is 11.9 Å². The molecule has 3 heterocycles. The minimum absolute atomic E-state index is 0.136. The number of halogens is 2. The number of pyridine rings is 2. The van der Waals surface area contributed by atoms with Gasteiger partial charge in [0.15, 0.2) is 0 Å². The van der Waals surface area contributed by atoms with Gasteiger partial charge in [0, 0.05) is 11.8 Å². The predicted octanol–water partition coefficient (Wildman–Crippen LogP) is 3.03. The van der Waals surface area contributed by atoms with E-state index in [1.54, 1.807) is 25.3 Å². The first kappa shape index (κ1) is 20.7. The number of nitrogens with zero attached hydrogens (tertiary/aromatic N) is 5. The smallest absolute Gasteiger partial charge is 0.264 e. The van der Waals surface area contributed by atoms with Gasteiger partial charge in [0.05, 0.1) is 24.5 Å². The highest BCUT2D eigenvalue weighted by atomic mass is 19.3. The average Bonchev–Trinajstić information content (AvgIpc) is 3.17. The number of aliphatic hydroxyl groups excluding tert-OH is 1. The van der Waals surface area contributed by atoms with Crippen LogP contribution in [0.25, 0.3) is 11.4 Å². The zero-order valence-electron chi connectivity index (χ0n) is 16.2. The third-order valence-corrected chi connectivity index (χ3v) is 4.65. The monoisotopic (exact) mass is 404 g/mol. The largest absolute Gasteiger partial charge is 0.393 e. The van der Waals surface area contributed by atoms with Crippen LogP contribution in [0.5, 0.6) is 0 Å². The molecule has 0 aliphatic heterocycles. The molecule has 0 fully saturated rings. The lowest BCUT2D eigenvalue weighted by Crippen LogP contribution is -2.38. The van der Waals surface area contributed by atoms with Crippen LogP contribution in [0.3, 0.4) is 0 Å². The van der Waals surface area contributed by atoms with Gasteiger partial charge in [0.2, 0.25) is 0 Å². The molecule has 0 spiro atoms. The highest BCUT2D eigenvalue weighted by molar-refractivity contribution is 5.61. The maximum atomic E-state index is 12.9. The molecule has 0 saturated heterocycles. The van der Waals surface area contributed by atoms with Gasteiger partial charge in [-0.2, -0.15) is 0 Å². The van der Waals surface area contributed by atoms with Crippen LogP contribution in [0.2, 0.25) is 0 Å². The SMILES string of the molecule is Cc1cc(Nc2cc(C(F)F)ccn2)nc(-c2cn([C@H](C)[C@@](C)(O)CO)nn2)c1. The Morgan fingerprint density at radius 3 is 2.66 bits per heavy atom. The zero-order valence-corrected chi connectivity index (χ0v) is 16.2. The van der Waals surface area contributed by atoms with Crippen LogP contribution in [0.4, 0.5) is 20.4 Å². The third kappa shape index (κ3) is 4.72. The molecule has 3 N–H and O–H groups in total. The van der Waals surface area contributed by atoms with Crippen molar-refractivity contribution in [3.63, 3.8) is 0 Å². The maximum Gasteiger partial charge on any atom is 0.264 e. The summed E-state index contributed by atoms with van der Waals surface area (Å²) < 4.78 is 27.2. The van der Waals surface area contributed by atoms with E-state index < -0.39 is 24.7 Å². The summed E-state index contributed by atoms with van der Waals surface area (Å²) in [6, 6.07) is 5.56. The quantitative estimate of drug-likeness (QED) is 0.555. The molecule has 3 rings (SSSR count). The topological polar surface area (TPSA) is 109 Å². The zero-order chi connectivity index (χ0) is 21.2. The van der Waals surface area contributed by atoms with Crippen LogP contribution in [0.15, 0.2) is 36.7 Å². The van der Waals surface area contributed by atoms with Gasteiger partial charge in [-0.05, 0) is 50.6 Å². The highest BCUT2D eigenvalue weighted by Crippen LogP contribution is 2.26. The molecule has 8 nitrogen and oxygen atoms in total. The number of aromatic nitrogens is 5. The van der Waals surface area contributed by atoms with Gasteiger partial charge in [-0.3, -0.25) is 0 Å². The van der Waals surface area contributed by atoms with Crippen molar-refractivity contribution in [3.05, 3.63) is 47.8 Å². The van der Waals surface area contributed by atoms with Crippen molar-refractivity contribution in [2.45, 2.75) is 38.8 Å². The van der Waals surface area contributed by atoms with E-state index in [0.29, 0.717) is 17.2 Å². The molecule has 0 amide bonds. The van der Waals surface area contributed by atoms with Crippen molar-refractivity contribution >= 4 is 11.6 Å². The molecule has 2 atom stereocenters.